The zero-order valence-corrected chi connectivity index (χ0v) is 12.4. The van der Waals surface area contributed by atoms with Crippen LogP contribution in [0.15, 0.2) is 0 Å². The van der Waals surface area contributed by atoms with E-state index in [0.717, 1.165) is 0 Å². The molecule has 0 saturated heterocycles. The van der Waals surface area contributed by atoms with Crippen molar-refractivity contribution in [3.8, 4) is 0 Å². The van der Waals surface area contributed by atoms with Crippen molar-refractivity contribution in [3.63, 3.8) is 0 Å². The molecule has 0 spiro atoms. The molecule has 0 aromatic carbocycles. The molecule has 0 aromatic heterocycles. The fourth-order valence-corrected chi connectivity index (χ4v) is 0. The minimum absolute atomic E-state index is 0. The molecule has 0 aliphatic carbocycles. The van der Waals surface area contributed by atoms with Gasteiger partial charge >= 0.3 is 0 Å². The third kappa shape index (κ3) is 7730. The van der Waals surface area contributed by atoms with Gasteiger partial charge in [-0.15, -0.1) is 24.8 Å². The lowest BCUT2D eigenvalue weighted by Crippen LogP contribution is -1.99. The first kappa shape index (κ1) is 29.3. The zero-order valence-electron chi connectivity index (χ0n) is 10.7. The van der Waals surface area contributed by atoms with Crippen LogP contribution in [-0.4, -0.2) is 63.3 Å². The van der Waals surface area contributed by atoms with Crippen molar-refractivity contribution in [1.29, 1.82) is 0 Å². The molecule has 0 fully saturated rings. The molecule has 3 nitrogen and oxygen atoms in total. The van der Waals surface area contributed by atoms with Crippen LogP contribution in [0.2, 0.25) is 0 Å². The lowest BCUT2D eigenvalue weighted by Gasteiger charge is -1.90. The van der Waals surface area contributed by atoms with Gasteiger partial charge in [0.1, 0.15) is 0 Å². The Morgan fingerprint density at radius 3 is 0.714 bits per heavy atom. The van der Waals surface area contributed by atoms with Gasteiger partial charge in [0.25, 0.3) is 0 Å². The summed E-state index contributed by atoms with van der Waals surface area (Å²) in [4.78, 5) is 4.00. The van der Waals surface area contributed by atoms with E-state index in [1.165, 1.54) is 0 Å². The molecule has 1 N–H and O–H groups in total. The maximum absolute atomic E-state index is 8.06. The van der Waals surface area contributed by atoms with Crippen molar-refractivity contribution in [2.45, 2.75) is 20.0 Å². The first-order valence-corrected chi connectivity index (χ1v) is 4.10. The Morgan fingerprint density at radius 2 is 0.714 bits per heavy atom. The Balaban J connectivity index is -0.0000000270. The zero-order chi connectivity index (χ0) is 10.7. The van der Waals surface area contributed by atoms with Crippen LogP contribution in [0, 0.1) is 0 Å². The maximum atomic E-state index is 8.06. The second kappa shape index (κ2) is 23.4. The lowest BCUT2D eigenvalue weighted by molar-refractivity contribution is 0.216. The summed E-state index contributed by atoms with van der Waals surface area (Å²) in [6.07, 6.45) is -0.167. The molecule has 0 aliphatic rings. The van der Waals surface area contributed by atoms with Crippen LogP contribution in [0.25, 0.3) is 0 Å². The van der Waals surface area contributed by atoms with Gasteiger partial charge in [0, 0.05) is 6.10 Å². The van der Waals surface area contributed by atoms with E-state index in [-0.39, 0.29) is 30.9 Å². The van der Waals surface area contributed by atoms with Crippen molar-refractivity contribution in [2.75, 3.05) is 42.3 Å². The normalized spacial score (nSPS) is 7.71. The Hall–Kier alpha value is 0.460. The molecule has 94 valence electrons. The number of aliphatic hydroxyl groups excluding tert-OH is 1. The highest BCUT2D eigenvalue weighted by molar-refractivity contribution is 5.85. The first-order valence-electron chi connectivity index (χ1n) is 4.10. The Bertz CT molecular complexity index is 49.3. The van der Waals surface area contributed by atoms with Crippen LogP contribution in [-0.2, 0) is 0 Å². The highest BCUT2D eigenvalue weighted by Gasteiger charge is 1.69. The summed E-state index contributed by atoms with van der Waals surface area (Å²) in [6.45, 7) is 3.44. The van der Waals surface area contributed by atoms with E-state index in [2.05, 4.69) is 0 Å². The Kier molecular flexibility index (Phi) is 48.8. The quantitative estimate of drug-likeness (QED) is 0.708. The number of aliphatic hydroxyl groups is 1. The summed E-state index contributed by atoms with van der Waals surface area (Å²) >= 11 is 0. The van der Waals surface area contributed by atoms with Gasteiger partial charge < -0.3 is 14.9 Å². The molecular weight excluding hydrogens is 223 g/mol. The monoisotopic (exact) mass is 250 g/mol. The largest absolute Gasteiger partial charge is 0.394 e. The molecule has 0 unspecified atom stereocenters. The van der Waals surface area contributed by atoms with E-state index in [1.807, 2.05) is 52.1 Å². The van der Waals surface area contributed by atoms with E-state index >= 15 is 0 Å². The number of hydrogen-bond donors (Lipinski definition) is 1. The van der Waals surface area contributed by atoms with Gasteiger partial charge in [-0.05, 0) is 56.1 Å². The molecule has 0 radical (unpaired) electrons. The smallest absolute Gasteiger partial charge is 0.0483 e. The van der Waals surface area contributed by atoms with E-state index < -0.39 is 0 Å². The van der Waals surface area contributed by atoms with Crippen LogP contribution >= 0.6 is 24.8 Å². The number of hydrogen-bond acceptors (Lipinski definition) is 3. The fourth-order valence-electron chi connectivity index (χ4n) is 0. The van der Waals surface area contributed by atoms with Crippen LogP contribution in [0.4, 0.5) is 0 Å². The number of nitrogens with zero attached hydrogens (tertiary/aromatic N) is 2. The molecular formula is C9H28Cl2N2O. The highest BCUT2D eigenvalue weighted by Crippen LogP contribution is 1.65. The van der Waals surface area contributed by atoms with E-state index in [4.69, 9.17) is 5.11 Å². The average Bonchev–Trinajstić information content (AvgIpc) is 1.54. The third-order valence-electron chi connectivity index (χ3n) is 0. The standard InChI is InChI=1S/2C3H9N.C3H8O.2ClH/c2*1-4(2)3;1-3(2)4;;/h2*1-3H3;3-4H,1-2H3;2*1H. The molecule has 0 aromatic rings. The summed E-state index contributed by atoms with van der Waals surface area (Å²) in [5.74, 6) is 0. The molecule has 0 aliphatic heterocycles. The van der Waals surface area contributed by atoms with Crippen LogP contribution in [0.3, 0.4) is 0 Å². The summed E-state index contributed by atoms with van der Waals surface area (Å²) in [5.41, 5.74) is 0. The third-order valence-corrected chi connectivity index (χ3v) is 0. The topological polar surface area (TPSA) is 26.7 Å². The van der Waals surface area contributed by atoms with Gasteiger partial charge in [-0.25, -0.2) is 0 Å². The van der Waals surface area contributed by atoms with Crippen molar-refractivity contribution < 1.29 is 5.11 Å². The van der Waals surface area contributed by atoms with Crippen molar-refractivity contribution in [3.05, 3.63) is 0 Å². The second-order valence-electron chi connectivity index (χ2n) is 3.78. The number of halogens is 2. The van der Waals surface area contributed by atoms with E-state index in [1.54, 1.807) is 13.8 Å². The number of rotatable bonds is 0. The molecule has 0 saturated carbocycles. The predicted molar refractivity (Wildman–Crippen MR) is 71.1 cm³/mol. The molecule has 0 heterocycles. The first-order chi connectivity index (χ1) is 5.20. The van der Waals surface area contributed by atoms with Crippen molar-refractivity contribution in [1.82, 2.24) is 9.80 Å². The van der Waals surface area contributed by atoms with Crippen LogP contribution in [0.5, 0.6) is 0 Å². The molecule has 5 heteroatoms. The minimum atomic E-state index is -0.167. The molecule has 0 rings (SSSR count). The summed E-state index contributed by atoms with van der Waals surface area (Å²) in [5, 5.41) is 8.06. The van der Waals surface area contributed by atoms with Crippen molar-refractivity contribution in [2.24, 2.45) is 0 Å². The fraction of sp³-hybridized carbons (Fsp3) is 1.00. The van der Waals surface area contributed by atoms with Gasteiger partial charge in [-0.2, -0.15) is 0 Å². The average molecular weight is 251 g/mol. The molecule has 0 bridgehead atoms. The highest BCUT2D eigenvalue weighted by atomic mass is 35.5. The summed E-state index contributed by atoms with van der Waals surface area (Å²) in [7, 11) is 12.0. The SMILES string of the molecule is CC(C)O.CN(C)C.CN(C)C.Cl.Cl. The van der Waals surface area contributed by atoms with Gasteiger partial charge in [0.2, 0.25) is 0 Å². The van der Waals surface area contributed by atoms with Crippen molar-refractivity contribution >= 4 is 24.8 Å². The molecule has 0 atom stereocenters. The van der Waals surface area contributed by atoms with Crippen LogP contribution in [0.1, 0.15) is 13.8 Å². The van der Waals surface area contributed by atoms with Gasteiger partial charge in [0.05, 0.1) is 0 Å². The lowest BCUT2D eigenvalue weighted by atomic mass is 10.5. The second-order valence-corrected chi connectivity index (χ2v) is 3.78. The predicted octanol–water partition coefficient (Wildman–Crippen LogP) is 1.59. The van der Waals surface area contributed by atoms with E-state index in [9.17, 15) is 0 Å². The molecule has 14 heavy (non-hydrogen) atoms. The molecule has 0 amide bonds. The Labute approximate surface area is 102 Å². The van der Waals surface area contributed by atoms with Gasteiger partial charge in [-0.1, -0.05) is 0 Å². The van der Waals surface area contributed by atoms with Gasteiger partial charge in [0.15, 0.2) is 0 Å². The summed E-state index contributed by atoms with van der Waals surface area (Å²) < 4.78 is 0. The Morgan fingerprint density at radius 1 is 0.714 bits per heavy atom. The minimum Gasteiger partial charge on any atom is -0.394 e. The summed E-state index contributed by atoms with van der Waals surface area (Å²) in [6, 6.07) is 0. The van der Waals surface area contributed by atoms with Gasteiger partial charge in [-0.3, -0.25) is 0 Å². The van der Waals surface area contributed by atoms with Crippen LogP contribution < -0.4 is 0 Å². The maximum Gasteiger partial charge on any atom is 0.0483 e. The van der Waals surface area contributed by atoms with E-state index in [0.29, 0.717) is 0 Å².